The van der Waals surface area contributed by atoms with Gasteiger partial charge in [-0.2, -0.15) is 0 Å². The summed E-state index contributed by atoms with van der Waals surface area (Å²) >= 11 is 5.99. The lowest BCUT2D eigenvalue weighted by molar-refractivity contribution is -0.138. The van der Waals surface area contributed by atoms with Crippen molar-refractivity contribution >= 4 is 17.6 Å². The Hall–Kier alpha value is -1.06. The third kappa shape index (κ3) is 2.47. The molecule has 76 valence electrons. The molecule has 14 heavy (non-hydrogen) atoms. The zero-order valence-corrected chi connectivity index (χ0v) is 8.58. The smallest absolute Gasteiger partial charge is 0.320 e. The second-order valence-electron chi connectivity index (χ2n) is 3.20. The van der Waals surface area contributed by atoms with E-state index in [4.69, 9.17) is 22.4 Å². The summed E-state index contributed by atoms with van der Waals surface area (Å²) in [5, 5.41) is 9.24. The summed E-state index contributed by atoms with van der Waals surface area (Å²) in [5.74, 6) is -1.01. The van der Waals surface area contributed by atoms with Gasteiger partial charge in [-0.1, -0.05) is 29.8 Å². The molecule has 0 unspecified atom stereocenters. The van der Waals surface area contributed by atoms with E-state index in [1.807, 2.05) is 19.1 Å². The minimum absolute atomic E-state index is 0.260. The molecule has 0 spiro atoms. The Kier molecular flexibility index (Phi) is 3.49. The molecule has 0 aliphatic carbocycles. The maximum Gasteiger partial charge on any atom is 0.320 e. The summed E-state index contributed by atoms with van der Waals surface area (Å²) < 4.78 is 0. The molecule has 0 saturated carbocycles. The van der Waals surface area contributed by atoms with Gasteiger partial charge in [-0.05, 0) is 24.5 Å². The first kappa shape index (κ1) is 11.0. The molecule has 0 aromatic heterocycles. The number of rotatable bonds is 3. The van der Waals surface area contributed by atoms with Gasteiger partial charge in [-0.15, -0.1) is 0 Å². The van der Waals surface area contributed by atoms with Gasteiger partial charge in [0.15, 0.2) is 0 Å². The third-order valence-corrected chi connectivity index (χ3v) is 2.57. The molecule has 1 atom stereocenters. The fraction of sp³-hybridized carbons (Fsp3) is 0.300. The second-order valence-corrected chi connectivity index (χ2v) is 3.57. The minimum Gasteiger partial charge on any atom is -0.480 e. The van der Waals surface area contributed by atoms with E-state index in [0.717, 1.165) is 11.1 Å². The number of aryl methyl sites for hydroxylation is 1. The summed E-state index contributed by atoms with van der Waals surface area (Å²) in [6.07, 6.45) is 0.260. The molecule has 3 nitrogen and oxygen atoms in total. The van der Waals surface area contributed by atoms with Crippen LogP contribution in [0.5, 0.6) is 0 Å². The molecule has 1 aromatic carbocycles. The lowest BCUT2D eigenvalue weighted by atomic mass is 10.0. The first-order valence-electron chi connectivity index (χ1n) is 4.24. The maximum atomic E-state index is 10.5. The number of carbonyl (C=O) groups is 1. The number of nitrogens with two attached hydrogens (primary N) is 1. The van der Waals surface area contributed by atoms with Crippen molar-refractivity contribution in [3.05, 3.63) is 34.3 Å². The Morgan fingerprint density at radius 2 is 2.29 bits per heavy atom. The molecule has 0 saturated heterocycles. The van der Waals surface area contributed by atoms with E-state index in [1.54, 1.807) is 6.07 Å². The van der Waals surface area contributed by atoms with Gasteiger partial charge in [0, 0.05) is 5.02 Å². The van der Waals surface area contributed by atoms with E-state index < -0.39 is 12.0 Å². The van der Waals surface area contributed by atoms with Crippen LogP contribution in [-0.4, -0.2) is 17.1 Å². The molecule has 0 amide bonds. The zero-order chi connectivity index (χ0) is 10.7. The SMILES string of the molecule is Cc1cccc(C[C@@H](N)C(=O)O)c1Cl. The summed E-state index contributed by atoms with van der Waals surface area (Å²) in [7, 11) is 0. The molecule has 0 heterocycles. The molecular formula is C10H12ClNO2. The van der Waals surface area contributed by atoms with E-state index in [9.17, 15) is 4.79 Å². The van der Waals surface area contributed by atoms with Crippen molar-refractivity contribution in [3.8, 4) is 0 Å². The van der Waals surface area contributed by atoms with E-state index in [1.165, 1.54) is 0 Å². The molecule has 0 bridgehead atoms. The number of carboxylic acids is 1. The normalized spacial score (nSPS) is 12.5. The Morgan fingerprint density at radius 3 is 2.86 bits per heavy atom. The average Bonchev–Trinajstić information content (AvgIpc) is 2.12. The fourth-order valence-electron chi connectivity index (χ4n) is 1.19. The van der Waals surface area contributed by atoms with E-state index in [0.29, 0.717) is 5.02 Å². The van der Waals surface area contributed by atoms with Crippen molar-refractivity contribution < 1.29 is 9.90 Å². The highest BCUT2D eigenvalue weighted by Crippen LogP contribution is 2.21. The lowest BCUT2D eigenvalue weighted by Gasteiger charge is -2.09. The van der Waals surface area contributed by atoms with Gasteiger partial charge < -0.3 is 10.8 Å². The van der Waals surface area contributed by atoms with Crippen LogP contribution in [0.25, 0.3) is 0 Å². The van der Waals surface area contributed by atoms with Gasteiger partial charge >= 0.3 is 5.97 Å². The summed E-state index contributed by atoms with van der Waals surface area (Å²) in [6, 6.07) is 4.61. The van der Waals surface area contributed by atoms with Gasteiger partial charge in [0.05, 0.1) is 0 Å². The fourth-order valence-corrected chi connectivity index (χ4v) is 1.39. The second kappa shape index (κ2) is 4.44. The van der Waals surface area contributed by atoms with Crippen LogP contribution in [0.1, 0.15) is 11.1 Å². The van der Waals surface area contributed by atoms with Crippen LogP contribution in [-0.2, 0) is 11.2 Å². The monoisotopic (exact) mass is 213 g/mol. The van der Waals surface area contributed by atoms with Gasteiger partial charge in [0.25, 0.3) is 0 Å². The zero-order valence-electron chi connectivity index (χ0n) is 7.83. The summed E-state index contributed by atoms with van der Waals surface area (Å²) in [4.78, 5) is 10.5. The molecule has 1 rings (SSSR count). The number of benzene rings is 1. The summed E-state index contributed by atoms with van der Waals surface area (Å²) in [5.41, 5.74) is 7.12. The number of aliphatic carboxylic acids is 1. The van der Waals surface area contributed by atoms with Crippen molar-refractivity contribution in [1.29, 1.82) is 0 Å². The lowest BCUT2D eigenvalue weighted by Crippen LogP contribution is -2.32. The topological polar surface area (TPSA) is 63.3 Å². The number of hydrogen-bond acceptors (Lipinski definition) is 2. The Morgan fingerprint density at radius 1 is 1.64 bits per heavy atom. The molecular weight excluding hydrogens is 202 g/mol. The highest BCUT2D eigenvalue weighted by Gasteiger charge is 2.14. The largest absolute Gasteiger partial charge is 0.480 e. The highest BCUT2D eigenvalue weighted by atomic mass is 35.5. The van der Waals surface area contributed by atoms with Crippen molar-refractivity contribution in [1.82, 2.24) is 0 Å². The van der Waals surface area contributed by atoms with Crippen LogP contribution in [0.2, 0.25) is 5.02 Å². The summed E-state index contributed by atoms with van der Waals surface area (Å²) in [6.45, 7) is 1.87. The standard InChI is InChI=1S/C10H12ClNO2/c1-6-3-2-4-7(9(6)11)5-8(12)10(13)14/h2-4,8H,5,12H2,1H3,(H,13,14)/t8-/m1/s1. The van der Waals surface area contributed by atoms with Crippen LogP contribution >= 0.6 is 11.6 Å². The van der Waals surface area contributed by atoms with Crippen LogP contribution in [0.4, 0.5) is 0 Å². The van der Waals surface area contributed by atoms with Gasteiger partial charge in [0.2, 0.25) is 0 Å². The van der Waals surface area contributed by atoms with Gasteiger partial charge in [0.1, 0.15) is 6.04 Å². The van der Waals surface area contributed by atoms with E-state index in [-0.39, 0.29) is 6.42 Å². The average molecular weight is 214 g/mol. The Labute approximate surface area is 87.5 Å². The number of halogens is 1. The predicted octanol–water partition coefficient (Wildman–Crippen LogP) is 1.60. The molecule has 0 aliphatic heterocycles. The van der Waals surface area contributed by atoms with Gasteiger partial charge in [-0.25, -0.2) is 0 Å². The Balaban J connectivity index is 2.87. The van der Waals surface area contributed by atoms with Crippen molar-refractivity contribution in [3.63, 3.8) is 0 Å². The highest BCUT2D eigenvalue weighted by molar-refractivity contribution is 6.32. The van der Waals surface area contributed by atoms with Crippen molar-refractivity contribution in [2.75, 3.05) is 0 Å². The predicted molar refractivity (Wildman–Crippen MR) is 55.5 cm³/mol. The minimum atomic E-state index is -1.01. The number of hydrogen-bond donors (Lipinski definition) is 2. The molecule has 0 aliphatic rings. The molecule has 4 heteroatoms. The molecule has 0 fully saturated rings. The van der Waals surface area contributed by atoms with Crippen molar-refractivity contribution in [2.24, 2.45) is 5.73 Å². The van der Waals surface area contributed by atoms with E-state index in [2.05, 4.69) is 0 Å². The van der Waals surface area contributed by atoms with Crippen LogP contribution in [0.3, 0.4) is 0 Å². The van der Waals surface area contributed by atoms with Crippen molar-refractivity contribution in [2.45, 2.75) is 19.4 Å². The third-order valence-electron chi connectivity index (χ3n) is 2.03. The molecule has 3 N–H and O–H groups in total. The molecule has 0 radical (unpaired) electrons. The molecule has 1 aromatic rings. The quantitative estimate of drug-likeness (QED) is 0.802. The van der Waals surface area contributed by atoms with E-state index >= 15 is 0 Å². The number of carboxylic acid groups (broad SMARTS) is 1. The van der Waals surface area contributed by atoms with Gasteiger partial charge in [-0.3, -0.25) is 4.79 Å². The van der Waals surface area contributed by atoms with Crippen LogP contribution < -0.4 is 5.73 Å². The van der Waals surface area contributed by atoms with Crippen LogP contribution in [0, 0.1) is 6.92 Å². The Bertz CT molecular complexity index is 352. The first-order valence-corrected chi connectivity index (χ1v) is 4.62. The maximum absolute atomic E-state index is 10.5. The first-order chi connectivity index (χ1) is 6.52. The van der Waals surface area contributed by atoms with Crippen LogP contribution in [0.15, 0.2) is 18.2 Å².